The average Bonchev–Trinajstić information content (AvgIpc) is 3.00. The molecule has 1 aromatic carbocycles. The third-order valence-corrected chi connectivity index (χ3v) is 3.60. The summed E-state index contributed by atoms with van der Waals surface area (Å²) >= 11 is 6.01. The quantitative estimate of drug-likeness (QED) is 0.677. The van der Waals surface area contributed by atoms with Crippen LogP contribution in [0.4, 0.5) is 0 Å². The first-order valence-corrected chi connectivity index (χ1v) is 7.11. The maximum Gasteiger partial charge on any atom is 0.277 e. The normalized spacial score (nSPS) is 11.1. The van der Waals surface area contributed by atoms with Gasteiger partial charge in [0.2, 0.25) is 0 Å². The van der Waals surface area contributed by atoms with Gasteiger partial charge in [-0.2, -0.15) is 0 Å². The molecule has 3 aromatic rings. The standard InChI is InChI=1S/C14H14ClN5O/c15-12-5-3-4-11-13(12)17-18-20(14(11)21)8-2-1-7-19-9-6-16-10-19/h3-6,9-10H,1-2,7-8H2. The Morgan fingerprint density at radius 2 is 2.05 bits per heavy atom. The maximum absolute atomic E-state index is 12.3. The second-order valence-corrected chi connectivity index (χ2v) is 5.17. The summed E-state index contributed by atoms with van der Waals surface area (Å²) in [5, 5.41) is 8.94. The summed E-state index contributed by atoms with van der Waals surface area (Å²) in [7, 11) is 0. The van der Waals surface area contributed by atoms with E-state index in [1.807, 2.05) is 10.8 Å². The van der Waals surface area contributed by atoms with Gasteiger partial charge in [-0.15, -0.1) is 5.10 Å². The maximum atomic E-state index is 12.3. The first-order chi connectivity index (χ1) is 10.3. The van der Waals surface area contributed by atoms with Crippen molar-refractivity contribution >= 4 is 22.5 Å². The molecule has 0 unspecified atom stereocenters. The fourth-order valence-corrected chi connectivity index (χ4v) is 2.40. The number of hydrogen-bond acceptors (Lipinski definition) is 4. The molecule has 0 saturated heterocycles. The van der Waals surface area contributed by atoms with E-state index in [0.717, 1.165) is 19.4 Å². The van der Waals surface area contributed by atoms with Crippen molar-refractivity contribution in [3.63, 3.8) is 0 Å². The van der Waals surface area contributed by atoms with E-state index >= 15 is 0 Å². The van der Waals surface area contributed by atoms with Gasteiger partial charge in [0.1, 0.15) is 5.52 Å². The zero-order chi connectivity index (χ0) is 14.7. The van der Waals surface area contributed by atoms with Crippen molar-refractivity contribution in [1.82, 2.24) is 24.5 Å². The molecule has 0 aliphatic carbocycles. The van der Waals surface area contributed by atoms with Crippen LogP contribution in [0, 0.1) is 0 Å². The largest absolute Gasteiger partial charge is 0.337 e. The third-order valence-electron chi connectivity index (χ3n) is 3.30. The van der Waals surface area contributed by atoms with E-state index in [0.29, 0.717) is 22.5 Å². The molecule has 0 atom stereocenters. The minimum absolute atomic E-state index is 0.148. The van der Waals surface area contributed by atoms with Crippen LogP contribution in [-0.4, -0.2) is 24.5 Å². The lowest BCUT2D eigenvalue weighted by Gasteiger charge is -2.06. The SMILES string of the molecule is O=c1c2cccc(Cl)c2nnn1CCCCn1ccnc1. The van der Waals surface area contributed by atoms with Gasteiger partial charge in [0.15, 0.2) is 0 Å². The molecule has 0 N–H and O–H groups in total. The lowest BCUT2D eigenvalue weighted by molar-refractivity contribution is 0.490. The molecule has 3 rings (SSSR count). The van der Waals surface area contributed by atoms with Gasteiger partial charge < -0.3 is 4.57 Å². The molecule has 0 aliphatic rings. The Morgan fingerprint density at radius 3 is 2.86 bits per heavy atom. The van der Waals surface area contributed by atoms with Crippen LogP contribution in [-0.2, 0) is 13.1 Å². The van der Waals surface area contributed by atoms with Crippen molar-refractivity contribution in [2.24, 2.45) is 0 Å². The molecule has 0 aliphatic heterocycles. The second-order valence-electron chi connectivity index (χ2n) is 4.76. The van der Waals surface area contributed by atoms with Crippen LogP contribution >= 0.6 is 11.6 Å². The molecule has 0 spiro atoms. The van der Waals surface area contributed by atoms with E-state index in [9.17, 15) is 4.79 Å². The number of benzene rings is 1. The van der Waals surface area contributed by atoms with Crippen molar-refractivity contribution in [2.45, 2.75) is 25.9 Å². The van der Waals surface area contributed by atoms with Gasteiger partial charge in [0, 0.05) is 25.5 Å². The number of fused-ring (bicyclic) bond motifs is 1. The highest BCUT2D eigenvalue weighted by Gasteiger charge is 2.07. The molecule has 108 valence electrons. The molecule has 0 fully saturated rings. The van der Waals surface area contributed by atoms with Crippen LogP contribution in [0.2, 0.25) is 5.02 Å². The molecule has 0 bridgehead atoms. The number of nitrogens with zero attached hydrogens (tertiary/aromatic N) is 5. The molecular weight excluding hydrogens is 290 g/mol. The van der Waals surface area contributed by atoms with Gasteiger partial charge in [0.25, 0.3) is 5.56 Å². The highest BCUT2D eigenvalue weighted by atomic mass is 35.5. The number of unbranched alkanes of at least 4 members (excludes halogenated alkanes) is 1. The van der Waals surface area contributed by atoms with Gasteiger partial charge in [-0.1, -0.05) is 22.9 Å². The first-order valence-electron chi connectivity index (χ1n) is 6.73. The Morgan fingerprint density at radius 1 is 1.19 bits per heavy atom. The van der Waals surface area contributed by atoms with E-state index in [-0.39, 0.29) is 5.56 Å². The van der Waals surface area contributed by atoms with Gasteiger partial charge in [-0.3, -0.25) is 4.79 Å². The van der Waals surface area contributed by atoms with E-state index in [4.69, 9.17) is 11.6 Å². The molecule has 6 nitrogen and oxygen atoms in total. The highest BCUT2D eigenvalue weighted by molar-refractivity contribution is 6.34. The van der Waals surface area contributed by atoms with Crippen LogP contribution in [0.3, 0.4) is 0 Å². The van der Waals surface area contributed by atoms with Crippen molar-refractivity contribution < 1.29 is 0 Å². The number of rotatable bonds is 5. The van der Waals surface area contributed by atoms with Gasteiger partial charge in [0.05, 0.1) is 16.7 Å². The number of aromatic nitrogens is 5. The van der Waals surface area contributed by atoms with E-state index in [1.165, 1.54) is 4.68 Å². The number of aryl methyl sites for hydroxylation is 2. The molecule has 0 amide bonds. The minimum atomic E-state index is -0.148. The van der Waals surface area contributed by atoms with Crippen molar-refractivity contribution in [1.29, 1.82) is 0 Å². The zero-order valence-corrected chi connectivity index (χ0v) is 12.1. The second kappa shape index (κ2) is 6.05. The number of imidazole rings is 1. The monoisotopic (exact) mass is 303 g/mol. The topological polar surface area (TPSA) is 65.6 Å². The summed E-state index contributed by atoms with van der Waals surface area (Å²) in [4.78, 5) is 16.3. The fraction of sp³-hybridized carbons (Fsp3) is 0.286. The molecule has 0 radical (unpaired) electrons. The molecular formula is C14H14ClN5O. The summed E-state index contributed by atoms with van der Waals surface area (Å²) in [5.74, 6) is 0. The lowest BCUT2D eigenvalue weighted by atomic mass is 10.2. The van der Waals surface area contributed by atoms with E-state index < -0.39 is 0 Å². The average molecular weight is 304 g/mol. The third kappa shape index (κ3) is 2.95. The van der Waals surface area contributed by atoms with E-state index in [1.54, 1.807) is 30.7 Å². The first kappa shape index (κ1) is 13.8. The van der Waals surface area contributed by atoms with Crippen LogP contribution < -0.4 is 5.56 Å². The van der Waals surface area contributed by atoms with E-state index in [2.05, 4.69) is 15.3 Å². The summed E-state index contributed by atoms with van der Waals surface area (Å²) in [5.41, 5.74) is 0.309. The number of hydrogen-bond donors (Lipinski definition) is 0. The Kier molecular flexibility index (Phi) is 3.96. The Labute approximate surface area is 126 Å². The number of halogens is 1. The Balaban J connectivity index is 1.70. The van der Waals surface area contributed by atoms with Gasteiger partial charge in [-0.05, 0) is 25.0 Å². The fourth-order valence-electron chi connectivity index (χ4n) is 2.19. The predicted octanol–water partition coefficient (Wildman–Crippen LogP) is 2.12. The van der Waals surface area contributed by atoms with Crippen molar-refractivity contribution in [3.8, 4) is 0 Å². The Hall–Kier alpha value is -2.21. The van der Waals surface area contributed by atoms with Crippen molar-refractivity contribution in [2.75, 3.05) is 0 Å². The van der Waals surface area contributed by atoms with Crippen LogP contribution in [0.25, 0.3) is 10.9 Å². The molecule has 2 heterocycles. The smallest absolute Gasteiger partial charge is 0.277 e. The lowest BCUT2D eigenvalue weighted by Crippen LogP contribution is -2.24. The van der Waals surface area contributed by atoms with Gasteiger partial charge in [-0.25, -0.2) is 9.67 Å². The molecule has 2 aromatic heterocycles. The van der Waals surface area contributed by atoms with Crippen LogP contribution in [0.1, 0.15) is 12.8 Å². The summed E-state index contributed by atoms with van der Waals surface area (Å²) in [6.45, 7) is 1.42. The highest BCUT2D eigenvalue weighted by Crippen LogP contribution is 2.17. The van der Waals surface area contributed by atoms with Crippen LogP contribution in [0.15, 0.2) is 41.7 Å². The Bertz CT molecular complexity index is 797. The van der Waals surface area contributed by atoms with Crippen molar-refractivity contribution in [3.05, 3.63) is 52.3 Å². The minimum Gasteiger partial charge on any atom is -0.337 e. The van der Waals surface area contributed by atoms with Crippen LogP contribution in [0.5, 0.6) is 0 Å². The molecule has 21 heavy (non-hydrogen) atoms. The predicted molar refractivity (Wildman–Crippen MR) is 80.3 cm³/mol. The zero-order valence-electron chi connectivity index (χ0n) is 11.3. The molecule has 0 saturated carbocycles. The molecule has 7 heteroatoms. The summed E-state index contributed by atoms with van der Waals surface area (Å²) < 4.78 is 3.40. The van der Waals surface area contributed by atoms with Gasteiger partial charge >= 0.3 is 0 Å². The summed E-state index contributed by atoms with van der Waals surface area (Å²) in [6, 6.07) is 5.17. The summed E-state index contributed by atoms with van der Waals surface area (Å²) in [6.07, 6.45) is 7.24.